The average Bonchev–Trinajstić information content (AvgIpc) is 2.65. The second kappa shape index (κ2) is 6.27. The third-order valence-electron chi connectivity index (χ3n) is 7.77. The second-order valence-electron chi connectivity index (χ2n) is 10.6. The molecule has 0 unspecified atom stereocenters. The standard InChI is InChI=1S/C25H27N3O/c1-24(2)14-18-8-21(26-3)22(27-4)9-19(18)20(28-24)10-23(29)25-11-15-5-16(12-25)7-17(6-15)13-25/h8-9,15-17H,5-7,10-14H2,1-2H3. The molecule has 4 bridgehead atoms. The van der Waals surface area contributed by atoms with Crippen LogP contribution in [0.1, 0.15) is 69.9 Å². The summed E-state index contributed by atoms with van der Waals surface area (Å²) in [5.74, 6) is 2.61. The summed E-state index contributed by atoms with van der Waals surface area (Å²) in [5, 5.41) is 0. The van der Waals surface area contributed by atoms with Crippen molar-refractivity contribution in [1.29, 1.82) is 0 Å². The van der Waals surface area contributed by atoms with Crippen molar-refractivity contribution in [2.45, 2.75) is 70.8 Å². The Kier molecular flexibility index (Phi) is 4.01. The smallest absolute Gasteiger partial charge is 0.195 e. The number of fused-ring (bicyclic) bond motifs is 1. The quantitative estimate of drug-likeness (QED) is 0.580. The maximum atomic E-state index is 13.7. The highest BCUT2D eigenvalue weighted by Gasteiger charge is 2.54. The Morgan fingerprint density at radius 3 is 2.14 bits per heavy atom. The molecule has 1 aromatic rings. The summed E-state index contributed by atoms with van der Waals surface area (Å²) in [7, 11) is 0. The minimum absolute atomic E-state index is 0.127. The Bertz CT molecular complexity index is 982. The number of hydrogen-bond acceptors (Lipinski definition) is 2. The number of Topliss-reactive ketones (excluding diaryl/α,β-unsaturated/α-hetero) is 1. The SMILES string of the molecule is [C-]#[N+]c1cc2c(cc1[N+]#[C-])C(CC(=O)C13CC4CC(CC(C4)C1)C3)=NC(C)(C)C2. The van der Waals surface area contributed by atoms with E-state index in [-0.39, 0.29) is 11.0 Å². The Morgan fingerprint density at radius 1 is 1.03 bits per heavy atom. The minimum atomic E-state index is -0.289. The third-order valence-corrected chi connectivity index (χ3v) is 7.77. The number of carbonyl (C=O) groups excluding carboxylic acids is 1. The van der Waals surface area contributed by atoms with E-state index in [9.17, 15) is 4.79 Å². The van der Waals surface area contributed by atoms with E-state index in [1.54, 1.807) is 6.07 Å². The van der Waals surface area contributed by atoms with Crippen molar-refractivity contribution >= 4 is 22.9 Å². The summed E-state index contributed by atoms with van der Waals surface area (Å²) in [4.78, 5) is 25.7. The van der Waals surface area contributed by atoms with Crippen molar-refractivity contribution < 1.29 is 4.79 Å². The molecule has 29 heavy (non-hydrogen) atoms. The molecule has 0 saturated heterocycles. The molecule has 4 saturated carbocycles. The number of ketones is 1. The van der Waals surface area contributed by atoms with Crippen LogP contribution in [0.15, 0.2) is 17.1 Å². The van der Waals surface area contributed by atoms with Crippen molar-refractivity contribution in [2.24, 2.45) is 28.2 Å². The van der Waals surface area contributed by atoms with Crippen LogP contribution < -0.4 is 0 Å². The predicted molar refractivity (Wildman–Crippen MR) is 114 cm³/mol. The topological polar surface area (TPSA) is 38.1 Å². The first-order chi connectivity index (χ1) is 13.8. The zero-order valence-corrected chi connectivity index (χ0v) is 17.3. The lowest BCUT2D eigenvalue weighted by molar-refractivity contribution is -0.142. The molecule has 4 aliphatic carbocycles. The average molecular weight is 386 g/mol. The fourth-order valence-electron chi connectivity index (χ4n) is 7.07. The van der Waals surface area contributed by atoms with Gasteiger partial charge in [0.15, 0.2) is 11.4 Å². The fraction of sp³-hybridized carbons (Fsp3) is 0.600. The van der Waals surface area contributed by atoms with Crippen LogP contribution >= 0.6 is 0 Å². The van der Waals surface area contributed by atoms with Gasteiger partial charge in [-0.3, -0.25) is 19.5 Å². The van der Waals surface area contributed by atoms with E-state index in [1.807, 2.05) is 6.07 Å². The highest BCUT2D eigenvalue weighted by molar-refractivity contribution is 6.14. The van der Waals surface area contributed by atoms with Crippen molar-refractivity contribution in [2.75, 3.05) is 0 Å². The summed E-state index contributed by atoms with van der Waals surface area (Å²) in [6, 6.07) is 3.65. The number of aliphatic imine (C=N–C) groups is 1. The highest BCUT2D eigenvalue weighted by Crippen LogP contribution is 2.60. The largest absolute Gasteiger partial charge is 0.299 e. The van der Waals surface area contributed by atoms with E-state index in [0.29, 0.717) is 23.6 Å². The van der Waals surface area contributed by atoms with Gasteiger partial charge in [0.25, 0.3) is 0 Å². The monoisotopic (exact) mass is 385 g/mol. The van der Waals surface area contributed by atoms with Crippen molar-refractivity contribution in [1.82, 2.24) is 0 Å². The van der Waals surface area contributed by atoms with Gasteiger partial charge in [-0.25, -0.2) is 0 Å². The van der Waals surface area contributed by atoms with Crippen LogP contribution in [0.3, 0.4) is 0 Å². The molecule has 0 amide bonds. The molecule has 0 N–H and O–H groups in total. The number of rotatable bonds is 3. The number of carbonyl (C=O) groups is 1. The maximum Gasteiger partial charge on any atom is 0.195 e. The molecule has 1 heterocycles. The summed E-state index contributed by atoms with van der Waals surface area (Å²) in [6.07, 6.45) is 8.32. The fourth-order valence-corrected chi connectivity index (χ4v) is 7.07. The molecule has 4 nitrogen and oxygen atoms in total. The lowest BCUT2D eigenvalue weighted by Gasteiger charge is -2.56. The van der Waals surface area contributed by atoms with Gasteiger partial charge in [0.2, 0.25) is 0 Å². The van der Waals surface area contributed by atoms with Gasteiger partial charge < -0.3 is 0 Å². The van der Waals surface area contributed by atoms with Crippen LogP contribution in [0.4, 0.5) is 11.4 Å². The van der Waals surface area contributed by atoms with Crippen LogP contribution in [0.2, 0.25) is 0 Å². The second-order valence-corrected chi connectivity index (χ2v) is 10.6. The van der Waals surface area contributed by atoms with E-state index >= 15 is 0 Å². The first-order valence-corrected chi connectivity index (χ1v) is 10.8. The Labute approximate surface area is 173 Å². The first-order valence-electron chi connectivity index (χ1n) is 10.8. The lowest BCUT2D eigenvalue weighted by Crippen LogP contribution is -2.50. The van der Waals surface area contributed by atoms with Gasteiger partial charge in [-0.05, 0) is 87.7 Å². The summed E-state index contributed by atoms with van der Waals surface area (Å²) >= 11 is 0. The molecule has 4 heteroatoms. The van der Waals surface area contributed by atoms with Gasteiger partial charge >= 0.3 is 0 Å². The van der Waals surface area contributed by atoms with Crippen molar-refractivity contribution in [3.8, 4) is 0 Å². The molecule has 1 aromatic carbocycles. The molecule has 4 fully saturated rings. The molecule has 0 radical (unpaired) electrons. The third kappa shape index (κ3) is 3.01. The van der Waals surface area contributed by atoms with Crippen LogP contribution in [0, 0.1) is 36.3 Å². The van der Waals surface area contributed by atoms with Crippen LogP contribution in [0.5, 0.6) is 0 Å². The normalized spacial score (nSPS) is 33.4. The van der Waals surface area contributed by atoms with E-state index in [1.165, 1.54) is 19.3 Å². The van der Waals surface area contributed by atoms with Gasteiger partial charge in [0, 0.05) is 17.5 Å². The van der Waals surface area contributed by atoms with Crippen molar-refractivity contribution in [3.05, 3.63) is 46.1 Å². The van der Waals surface area contributed by atoms with Crippen LogP contribution in [-0.4, -0.2) is 17.0 Å². The van der Waals surface area contributed by atoms with E-state index in [0.717, 1.165) is 60.3 Å². The van der Waals surface area contributed by atoms with E-state index in [4.69, 9.17) is 18.1 Å². The Morgan fingerprint density at radius 2 is 1.59 bits per heavy atom. The Hall–Kier alpha value is -2.46. The molecule has 1 aliphatic heterocycles. The molecule has 6 rings (SSSR count). The van der Waals surface area contributed by atoms with Gasteiger partial charge in [-0.1, -0.05) is 12.1 Å². The van der Waals surface area contributed by atoms with Gasteiger partial charge in [-0.15, -0.1) is 0 Å². The van der Waals surface area contributed by atoms with Crippen LogP contribution in [-0.2, 0) is 11.2 Å². The molecule has 0 aromatic heterocycles. The predicted octanol–water partition coefficient (Wildman–Crippen LogP) is 6.09. The molecule has 0 atom stereocenters. The number of nitrogens with zero attached hydrogens (tertiary/aromatic N) is 3. The zero-order valence-electron chi connectivity index (χ0n) is 17.3. The highest BCUT2D eigenvalue weighted by atomic mass is 16.1. The molecule has 148 valence electrons. The van der Waals surface area contributed by atoms with Gasteiger partial charge in [0.05, 0.1) is 18.7 Å². The molecule has 5 aliphatic rings. The van der Waals surface area contributed by atoms with E-state index < -0.39 is 0 Å². The zero-order chi connectivity index (χ0) is 20.4. The Balaban J connectivity index is 1.50. The summed E-state index contributed by atoms with van der Waals surface area (Å²) in [5.41, 5.74) is 3.16. The number of benzene rings is 1. The van der Waals surface area contributed by atoms with Crippen molar-refractivity contribution in [3.63, 3.8) is 0 Å². The molecular weight excluding hydrogens is 358 g/mol. The lowest BCUT2D eigenvalue weighted by atomic mass is 9.48. The first kappa shape index (κ1) is 18.6. The van der Waals surface area contributed by atoms with Gasteiger partial charge in [-0.2, -0.15) is 0 Å². The van der Waals surface area contributed by atoms with Gasteiger partial charge in [0.1, 0.15) is 5.78 Å². The molecule has 0 spiro atoms. The van der Waals surface area contributed by atoms with E-state index in [2.05, 4.69) is 23.5 Å². The van der Waals surface area contributed by atoms with Crippen LogP contribution in [0.25, 0.3) is 9.69 Å². The molecular formula is C25H27N3O. The summed E-state index contributed by atoms with van der Waals surface area (Å²) < 4.78 is 0. The number of hydrogen-bond donors (Lipinski definition) is 0. The summed E-state index contributed by atoms with van der Waals surface area (Å²) in [6.45, 7) is 19.0. The minimum Gasteiger partial charge on any atom is -0.299 e. The maximum absolute atomic E-state index is 13.7.